The van der Waals surface area contributed by atoms with E-state index in [0.717, 1.165) is 5.92 Å². The Morgan fingerprint density at radius 1 is 1.43 bits per heavy atom. The van der Waals surface area contributed by atoms with Crippen molar-refractivity contribution < 1.29 is 0 Å². The van der Waals surface area contributed by atoms with E-state index in [1.54, 1.807) is 0 Å². The van der Waals surface area contributed by atoms with Crippen LogP contribution in [0.5, 0.6) is 0 Å². The van der Waals surface area contributed by atoms with E-state index in [9.17, 15) is 0 Å². The van der Waals surface area contributed by atoms with E-state index in [2.05, 4.69) is 52.9 Å². The molecule has 76 valence electrons. The van der Waals surface area contributed by atoms with Crippen LogP contribution >= 0.6 is 15.9 Å². The average molecular weight is 254 g/mol. The van der Waals surface area contributed by atoms with Crippen molar-refractivity contribution in [2.45, 2.75) is 20.3 Å². The minimum absolute atomic E-state index is 0.916. The summed E-state index contributed by atoms with van der Waals surface area (Å²) >= 11 is 3.53. The molecule has 0 saturated carbocycles. The summed E-state index contributed by atoms with van der Waals surface area (Å²) < 4.78 is 1.20. The number of hydrogen-bond acceptors (Lipinski definition) is 1. The summed E-state index contributed by atoms with van der Waals surface area (Å²) in [6.45, 7) is 6.88. The monoisotopic (exact) mass is 253 g/mol. The summed E-state index contributed by atoms with van der Waals surface area (Å²) in [5.74, 6) is 0.916. The number of rotatable bonds is 2. The molecule has 0 bridgehead atoms. The molecule has 1 heterocycles. The van der Waals surface area contributed by atoms with Crippen molar-refractivity contribution in [1.82, 2.24) is 0 Å². The predicted molar refractivity (Wildman–Crippen MR) is 64.9 cm³/mol. The predicted octanol–water partition coefficient (Wildman–Crippen LogP) is 3.60. The summed E-state index contributed by atoms with van der Waals surface area (Å²) in [5, 5.41) is 0. The third kappa shape index (κ3) is 1.81. The van der Waals surface area contributed by atoms with E-state index in [-0.39, 0.29) is 0 Å². The van der Waals surface area contributed by atoms with E-state index in [0.29, 0.717) is 0 Å². The number of nitrogens with zero attached hydrogens (tertiary/aromatic N) is 1. The zero-order valence-corrected chi connectivity index (χ0v) is 10.3. The van der Waals surface area contributed by atoms with Crippen molar-refractivity contribution in [2.75, 3.05) is 18.0 Å². The molecule has 1 fully saturated rings. The molecule has 0 N–H and O–H groups in total. The highest BCUT2D eigenvalue weighted by Gasteiger charge is 2.24. The molecule has 1 nitrogen and oxygen atoms in total. The molecule has 2 heteroatoms. The van der Waals surface area contributed by atoms with Gasteiger partial charge < -0.3 is 4.90 Å². The first-order valence-corrected chi connectivity index (χ1v) is 6.01. The first-order chi connectivity index (χ1) is 6.70. The lowest BCUT2D eigenvalue weighted by molar-refractivity contribution is 0.399. The minimum Gasteiger partial charge on any atom is -0.371 e. The van der Waals surface area contributed by atoms with E-state index in [1.165, 1.54) is 35.2 Å². The molecule has 0 radical (unpaired) electrons. The first-order valence-electron chi connectivity index (χ1n) is 5.21. The molecular formula is C12H16BrN. The Labute approximate surface area is 94.2 Å². The van der Waals surface area contributed by atoms with E-state index >= 15 is 0 Å². The summed E-state index contributed by atoms with van der Waals surface area (Å²) in [7, 11) is 0. The van der Waals surface area contributed by atoms with Gasteiger partial charge in [0.1, 0.15) is 0 Å². The zero-order valence-electron chi connectivity index (χ0n) is 8.76. The highest BCUT2D eigenvalue weighted by molar-refractivity contribution is 9.10. The van der Waals surface area contributed by atoms with Crippen LogP contribution in [0.1, 0.15) is 18.9 Å². The summed E-state index contributed by atoms with van der Waals surface area (Å²) in [5.41, 5.74) is 2.69. The van der Waals surface area contributed by atoms with Crippen LogP contribution in [0, 0.1) is 12.8 Å². The second-order valence-corrected chi connectivity index (χ2v) is 4.97. The van der Waals surface area contributed by atoms with Crippen molar-refractivity contribution in [3.63, 3.8) is 0 Å². The molecule has 1 aromatic carbocycles. The Morgan fingerprint density at radius 3 is 2.71 bits per heavy atom. The number of aryl methyl sites for hydroxylation is 1. The van der Waals surface area contributed by atoms with E-state index in [4.69, 9.17) is 0 Å². The molecule has 0 atom stereocenters. The second-order valence-electron chi connectivity index (χ2n) is 4.11. The van der Waals surface area contributed by atoms with Crippen LogP contribution in [0.3, 0.4) is 0 Å². The quantitative estimate of drug-likeness (QED) is 0.779. The number of halogens is 1. The molecule has 1 aromatic rings. The normalized spacial score (nSPS) is 16.9. The van der Waals surface area contributed by atoms with Gasteiger partial charge >= 0.3 is 0 Å². The van der Waals surface area contributed by atoms with Crippen LogP contribution in [0.15, 0.2) is 22.7 Å². The summed E-state index contributed by atoms with van der Waals surface area (Å²) in [4.78, 5) is 2.45. The van der Waals surface area contributed by atoms with Gasteiger partial charge in [-0.25, -0.2) is 0 Å². The van der Waals surface area contributed by atoms with E-state index in [1.807, 2.05) is 0 Å². The maximum Gasteiger partial charge on any atom is 0.0369 e. The fourth-order valence-electron chi connectivity index (χ4n) is 1.86. The van der Waals surface area contributed by atoms with Crippen LogP contribution in [-0.4, -0.2) is 13.1 Å². The Balaban J connectivity index is 2.08. The Hall–Kier alpha value is -0.500. The second kappa shape index (κ2) is 3.93. The van der Waals surface area contributed by atoms with Crippen molar-refractivity contribution in [3.8, 4) is 0 Å². The van der Waals surface area contributed by atoms with Crippen LogP contribution in [-0.2, 0) is 0 Å². The molecule has 0 aromatic heterocycles. The Bertz CT molecular complexity index is 329. The van der Waals surface area contributed by atoms with Crippen molar-refractivity contribution in [3.05, 3.63) is 28.2 Å². The van der Waals surface area contributed by atoms with Gasteiger partial charge in [-0.2, -0.15) is 0 Å². The number of benzene rings is 1. The molecule has 0 aliphatic carbocycles. The van der Waals surface area contributed by atoms with Gasteiger partial charge in [-0.3, -0.25) is 0 Å². The molecule has 0 amide bonds. The van der Waals surface area contributed by atoms with Crippen molar-refractivity contribution in [2.24, 2.45) is 5.92 Å². The maximum atomic E-state index is 3.53. The average Bonchev–Trinajstić information content (AvgIpc) is 2.09. The Morgan fingerprint density at radius 2 is 2.14 bits per heavy atom. The molecule has 14 heavy (non-hydrogen) atoms. The van der Waals surface area contributed by atoms with Crippen molar-refractivity contribution in [1.29, 1.82) is 0 Å². The molecule has 1 saturated heterocycles. The van der Waals surface area contributed by atoms with Gasteiger partial charge in [-0.05, 0) is 43.0 Å². The summed E-state index contributed by atoms with van der Waals surface area (Å²) in [6, 6.07) is 6.60. The minimum atomic E-state index is 0.916. The number of anilines is 1. The first kappa shape index (κ1) is 10.0. The SMILES string of the molecule is CCC1CN(c2ccc(Br)c(C)c2)C1. The largest absolute Gasteiger partial charge is 0.371 e. The van der Waals surface area contributed by atoms with Gasteiger partial charge in [0.2, 0.25) is 0 Å². The lowest BCUT2D eigenvalue weighted by atomic mass is 9.96. The van der Waals surface area contributed by atoms with E-state index < -0.39 is 0 Å². The molecule has 0 spiro atoms. The van der Waals surface area contributed by atoms with Gasteiger partial charge in [-0.1, -0.05) is 22.9 Å². The van der Waals surface area contributed by atoms with Gasteiger partial charge in [0.05, 0.1) is 0 Å². The smallest absolute Gasteiger partial charge is 0.0369 e. The van der Waals surface area contributed by atoms with Crippen LogP contribution in [0.25, 0.3) is 0 Å². The van der Waals surface area contributed by atoms with Crippen LogP contribution < -0.4 is 4.90 Å². The maximum absolute atomic E-state index is 3.53. The van der Waals surface area contributed by atoms with Crippen LogP contribution in [0.4, 0.5) is 5.69 Å². The Kier molecular flexibility index (Phi) is 2.82. The number of hydrogen-bond donors (Lipinski definition) is 0. The fraction of sp³-hybridized carbons (Fsp3) is 0.500. The molecule has 1 aliphatic rings. The van der Waals surface area contributed by atoms with Gasteiger partial charge in [0, 0.05) is 23.2 Å². The topological polar surface area (TPSA) is 3.24 Å². The van der Waals surface area contributed by atoms with Crippen LogP contribution in [0.2, 0.25) is 0 Å². The molecule has 1 aliphatic heterocycles. The van der Waals surface area contributed by atoms with Crippen molar-refractivity contribution >= 4 is 21.6 Å². The van der Waals surface area contributed by atoms with Gasteiger partial charge in [0.25, 0.3) is 0 Å². The third-order valence-corrected chi connectivity index (χ3v) is 3.93. The molecule has 2 rings (SSSR count). The molecule has 0 unspecified atom stereocenters. The van der Waals surface area contributed by atoms with Gasteiger partial charge in [-0.15, -0.1) is 0 Å². The summed E-state index contributed by atoms with van der Waals surface area (Å²) in [6.07, 6.45) is 1.31. The lowest BCUT2D eigenvalue weighted by Gasteiger charge is -2.41. The standard InChI is InChI=1S/C12H16BrN/c1-3-10-7-14(8-10)11-4-5-12(13)9(2)6-11/h4-6,10H,3,7-8H2,1-2H3. The zero-order chi connectivity index (χ0) is 10.1. The highest BCUT2D eigenvalue weighted by Crippen LogP contribution is 2.29. The molecular weight excluding hydrogens is 238 g/mol. The third-order valence-electron chi connectivity index (χ3n) is 3.04. The highest BCUT2D eigenvalue weighted by atomic mass is 79.9. The fourth-order valence-corrected chi connectivity index (χ4v) is 2.11. The van der Waals surface area contributed by atoms with Gasteiger partial charge in [0.15, 0.2) is 0 Å². The lowest BCUT2D eigenvalue weighted by Crippen LogP contribution is -2.46.